The molecule has 0 amide bonds. The van der Waals surface area contributed by atoms with Crippen LogP contribution in [0.2, 0.25) is 0 Å². The molecule has 0 aliphatic carbocycles. The van der Waals surface area contributed by atoms with Gasteiger partial charge < -0.3 is 10.4 Å². The van der Waals surface area contributed by atoms with Gasteiger partial charge in [0.25, 0.3) is 0 Å². The third kappa shape index (κ3) is 2.41. The second kappa shape index (κ2) is 5.64. The first-order valence-electron chi connectivity index (χ1n) is 5.74. The van der Waals surface area contributed by atoms with Crippen molar-refractivity contribution in [2.45, 2.75) is 32.2 Å². The monoisotopic (exact) mass is 297 g/mol. The lowest BCUT2D eigenvalue weighted by molar-refractivity contribution is -0.142. The van der Waals surface area contributed by atoms with Crippen molar-refractivity contribution in [1.29, 1.82) is 0 Å². The molecule has 0 atom stereocenters. The van der Waals surface area contributed by atoms with Gasteiger partial charge in [-0.15, -0.1) is 0 Å². The first-order valence-corrected chi connectivity index (χ1v) is 5.74. The lowest BCUT2D eigenvalue weighted by Crippen LogP contribution is -2.46. The number of rotatable bonds is 5. The van der Waals surface area contributed by atoms with E-state index in [1.54, 1.807) is 0 Å². The van der Waals surface area contributed by atoms with E-state index in [9.17, 15) is 26.7 Å². The third-order valence-electron chi connectivity index (χ3n) is 3.19. The van der Waals surface area contributed by atoms with Gasteiger partial charge in [0.15, 0.2) is 23.3 Å². The molecule has 8 heteroatoms. The normalized spacial score (nSPS) is 11.6. The average Bonchev–Trinajstić information content (AvgIpc) is 2.43. The van der Waals surface area contributed by atoms with Crippen LogP contribution in [-0.2, 0) is 4.79 Å². The fourth-order valence-corrected chi connectivity index (χ4v) is 1.74. The molecule has 0 aromatic heterocycles. The zero-order valence-electron chi connectivity index (χ0n) is 10.7. The minimum Gasteiger partial charge on any atom is -0.480 e. The fraction of sp³-hybridized carbons (Fsp3) is 0.417. The van der Waals surface area contributed by atoms with Crippen LogP contribution < -0.4 is 5.32 Å². The summed E-state index contributed by atoms with van der Waals surface area (Å²) < 4.78 is 65.9. The zero-order chi connectivity index (χ0) is 15.7. The minimum atomic E-state index is -2.29. The molecule has 0 fully saturated rings. The summed E-state index contributed by atoms with van der Waals surface area (Å²) in [5.74, 6) is -12.2. The zero-order valence-corrected chi connectivity index (χ0v) is 10.7. The summed E-state index contributed by atoms with van der Waals surface area (Å²) in [6.07, 6.45) is -0.226. The number of hydrogen-bond acceptors (Lipinski definition) is 2. The van der Waals surface area contributed by atoms with Crippen molar-refractivity contribution in [2.75, 3.05) is 5.32 Å². The molecular weight excluding hydrogens is 285 g/mol. The van der Waals surface area contributed by atoms with Gasteiger partial charge in [0, 0.05) is 0 Å². The predicted molar refractivity (Wildman–Crippen MR) is 60.8 cm³/mol. The second-order valence-corrected chi connectivity index (χ2v) is 4.16. The minimum absolute atomic E-state index is 0.113. The van der Waals surface area contributed by atoms with Gasteiger partial charge in [-0.3, -0.25) is 0 Å². The third-order valence-corrected chi connectivity index (χ3v) is 3.19. The van der Waals surface area contributed by atoms with Gasteiger partial charge in [-0.05, 0) is 12.8 Å². The van der Waals surface area contributed by atoms with E-state index in [4.69, 9.17) is 5.11 Å². The van der Waals surface area contributed by atoms with Gasteiger partial charge in [0.05, 0.1) is 0 Å². The Bertz CT molecular complexity index is 514. The summed E-state index contributed by atoms with van der Waals surface area (Å²) in [6, 6.07) is 0. The summed E-state index contributed by atoms with van der Waals surface area (Å²) in [6.45, 7) is 2.83. The molecular formula is C12H12F5NO2. The molecule has 0 saturated carbocycles. The van der Waals surface area contributed by atoms with Gasteiger partial charge >= 0.3 is 5.97 Å². The van der Waals surface area contributed by atoms with E-state index in [1.807, 2.05) is 5.32 Å². The number of benzene rings is 1. The Morgan fingerprint density at radius 1 is 0.950 bits per heavy atom. The maximum atomic E-state index is 13.5. The van der Waals surface area contributed by atoms with Crippen LogP contribution in [-0.4, -0.2) is 16.6 Å². The van der Waals surface area contributed by atoms with E-state index < -0.39 is 46.3 Å². The standard InChI is InChI=1S/C12H12F5NO2/c1-3-12(4-2,11(19)20)18-10-8(16)6(14)5(13)7(15)9(10)17/h18H,3-4H2,1-2H3,(H,19,20). The van der Waals surface area contributed by atoms with E-state index in [0.29, 0.717) is 0 Å². The smallest absolute Gasteiger partial charge is 0.329 e. The van der Waals surface area contributed by atoms with Gasteiger partial charge in [-0.2, -0.15) is 0 Å². The van der Waals surface area contributed by atoms with Crippen LogP contribution in [0.15, 0.2) is 0 Å². The van der Waals surface area contributed by atoms with Gasteiger partial charge in [-0.1, -0.05) is 13.8 Å². The summed E-state index contributed by atoms with van der Waals surface area (Å²) in [5.41, 5.74) is -3.16. The number of carboxylic acid groups (broad SMARTS) is 1. The average molecular weight is 297 g/mol. The topological polar surface area (TPSA) is 49.3 Å². The summed E-state index contributed by atoms with van der Waals surface area (Å²) in [7, 11) is 0. The summed E-state index contributed by atoms with van der Waals surface area (Å²) >= 11 is 0. The SMILES string of the molecule is CCC(CC)(Nc1c(F)c(F)c(F)c(F)c1F)C(=O)O. The molecule has 3 nitrogen and oxygen atoms in total. The van der Waals surface area contributed by atoms with Crippen molar-refractivity contribution >= 4 is 11.7 Å². The van der Waals surface area contributed by atoms with Crippen LogP contribution in [0.1, 0.15) is 26.7 Å². The van der Waals surface area contributed by atoms with E-state index in [1.165, 1.54) is 13.8 Å². The van der Waals surface area contributed by atoms with E-state index >= 15 is 0 Å². The van der Waals surface area contributed by atoms with Gasteiger partial charge in [-0.25, -0.2) is 26.7 Å². The van der Waals surface area contributed by atoms with Crippen LogP contribution in [0.4, 0.5) is 27.6 Å². The first kappa shape index (κ1) is 16.2. The Kier molecular flexibility index (Phi) is 4.57. The molecule has 112 valence electrons. The molecule has 0 bridgehead atoms. The van der Waals surface area contributed by atoms with Crippen molar-refractivity contribution in [3.8, 4) is 0 Å². The number of aliphatic carboxylic acids is 1. The molecule has 1 aromatic rings. The number of anilines is 1. The highest BCUT2D eigenvalue weighted by molar-refractivity contribution is 5.82. The molecule has 20 heavy (non-hydrogen) atoms. The van der Waals surface area contributed by atoms with Gasteiger partial charge in [0.2, 0.25) is 5.82 Å². The largest absolute Gasteiger partial charge is 0.480 e. The van der Waals surface area contributed by atoms with Crippen LogP contribution in [0.3, 0.4) is 0 Å². The molecule has 0 unspecified atom stereocenters. The van der Waals surface area contributed by atoms with Gasteiger partial charge in [0.1, 0.15) is 11.2 Å². The molecule has 0 spiro atoms. The van der Waals surface area contributed by atoms with Crippen LogP contribution in [0, 0.1) is 29.1 Å². The second-order valence-electron chi connectivity index (χ2n) is 4.16. The van der Waals surface area contributed by atoms with Crippen molar-refractivity contribution in [3.63, 3.8) is 0 Å². The Morgan fingerprint density at radius 2 is 1.30 bits per heavy atom. The molecule has 1 aromatic carbocycles. The van der Waals surface area contributed by atoms with Crippen LogP contribution >= 0.6 is 0 Å². The molecule has 0 radical (unpaired) electrons. The highest BCUT2D eigenvalue weighted by Gasteiger charge is 2.38. The highest BCUT2D eigenvalue weighted by Crippen LogP contribution is 2.31. The fourth-order valence-electron chi connectivity index (χ4n) is 1.74. The predicted octanol–water partition coefficient (Wildman–Crippen LogP) is 3.44. The number of carboxylic acids is 1. The van der Waals surface area contributed by atoms with E-state index in [-0.39, 0.29) is 12.8 Å². The molecule has 0 aliphatic heterocycles. The van der Waals surface area contributed by atoms with E-state index in [0.717, 1.165) is 0 Å². The van der Waals surface area contributed by atoms with Crippen LogP contribution in [0.25, 0.3) is 0 Å². The number of carbonyl (C=O) groups is 1. The van der Waals surface area contributed by atoms with Crippen molar-refractivity contribution < 1.29 is 31.9 Å². The Hall–Kier alpha value is -1.86. The molecule has 1 rings (SSSR count). The summed E-state index contributed by atoms with van der Waals surface area (Å²) in [4.78, 5) is 11.2. The Labute approximate surface area is 111 Å². The van der Waals surface area contributed by atoms with Crippen molar-refractivity contribution in [3.05, 3.63) is 29.1 Å². The lowest BCUT2D eigenvalue weighted by Gasteiger charge is -2.29. The highest BCUT2D eigenvalue weighted by atomic mass is 19.2. The summed E-state index contributed by atoms with van der Waals surface area (Å²) in [5, 5.41) is 11.0. The number of halogens is 5. The number of nitrogens with one attached hydrogen (secondary N) is 1. The quantitative estimate of drug-likeness (QED) is 0.497. The molecule has 2 N–H and O–H groups in total. The van der Waals surface area contributed by atoms with E-state index in [2.05, 4.69) is 0 Å². The molecule has 0 saturated heterocycles. The van der Waals surface area contributed by atoms with Crippen molar-refractivity contribution in [2.24, 2.45) is 0 Å². The van der Waals surface area contributed by atoms with Crippen molar-refractivity contribution in [1.82, 2.24) is 0 Å². The Balaban J connectivity index is 3.45. The number of hydrogen-bond donors (Lipinski definition) is 2. The molecule has 0 aliphatic rings. The first-order chi connectivity index (χ1) is 9.21. The lowest BCUT2D eigenvalue weighted by atomic mass is 9.92. The molecule has 0 heterocycles. The Morgan fingerprint density at radius 3 is 1.60 bits per heavy atom. The van der Waals surface area contributed by atoms with Crippen LogP contribution in [0.5, 0.6) is 0 Å². The maximum Gasteiger partial charge on any atom is 0.329 e. The maximum absolute atomic E-state index is 13.5.